The molecule has 0 atom stereocenters. The van der Waals surface area contributed by atoms with E-state index in [4.69, 9.17) is 19.4 Å². The zero-order chi connectivity index (χ0) is 38.8. The van der Waals surface area contributed by atoms with E-state index in [9.17, 15) is 5.26 Å². The molecular weight excluding hydrogens is 725 g/mol. The van der Waals surface area contributed by atoms with Crippen LogP contribution in [0.4, 0.5) is 0 Å². The van der Waals surface area contributed by atoms with Gasteiger partial charge in [0.1, 0.15) is 17.2 Å². The van der Waals surface area contributed by atoms with E-state index in [1.165, 1.54) is 27.2 Å². The molecule has 0 amide bonds. The number of aromatic nitrogens is 5. The summed E-state index contributed by atoms with van der Waals surface area (Å²) in [6.45, 7) is 0. The molecule has 0 saturated heterocycles. The summed E-state index contributed by atoms with van der Waals surface area (Å²) < 4.78 is 11.6. The third-order valence-corrected chi connectivity index (χ3v) is 11.9. The summed E-state index contributed by atoms with van der Waals surface area (Å²) in [5, 5.41) is 20.0. The molecule has 0 bridgehead atoms. The molecule has 272 valence electrons. The van der Waals surface area contributed by atoms with E-state index in [0.717, 1.165) is 60.3 Å². The molecule has 5 heterocycles. The summed E-state index contributed by atoms with van der Waals surface area (Å²) in [5.41, 5.74) is 10.4. The second kappa shape index (κ2) is 11.8. The van der Waals surface area contributed by atoms with Crippen LogP contribution < -0.4 is 0 Å². The number of furan rings is 1. The van der Waals surface area contributed by atoms with Crippen LogP contribution in [0.1, 0.15) is 5.56 Å². The van der Waals surface area contributed by atoms with Crippen molar-refractivity contribution in [2.45, 2.75) is 0 Å². The highest BCUT2D eigenvalue weighted by Gasteiger charge is 2.28. The van der Waals surface area contributed by atoms with Crippen LogP contribution in [0.25, 0.3) is 122 Å². The number of nitrogens with zero attached hydrogens (tertiary/aromatic N) is 6. The van der Waals surface area contributed by atoms with Gasteiger partial charge >= 0.3 is 0 Å². The van der Waals surface area contributed by atoms with E-state index in [2.05, 4.69) is 100.0 Å². The Hall–Kier alpha value is -8.34. The predicted molar refractivity (Wildman–Crippen MR) is 237 cm³/mol. The van der Waals surface area contributed by atoms with Crippen LogP contribution >= 0.6 is 0 Å². The van der Waals surface area contributed by atoms with Gasteiger partial charge in [0, 0.05) is 48.8 Å². The maximum atomic E-state index is 11.4. The van der Waals surface area contributed by atoms with Crippen LogP contribution in [-0.4, -0.2) is 23.9 Å². The van der Waals surface area contributed by atoms with Crippen LogP contribution in [-0.2, 0) is 0 Å². The molecule has 0 radical (unpaired) electrons. The standard InChI is InChI=1S/C52H28N6O/c53-29-32-28-39(52-55-50(30-14-3-1-4-15-30)54-51(56-52)31-16-5-2-6-17-31)49-45(37-20-9-12-25-43(37)59-49)46(32)58-41-24-11-8-19-34(41)36-26-27-42-44(48(36)58)38-22-13-21-35-33-18-7-10-23-40(33)57(42)47(35)38/h1-28H. The Morgan fingerprint density at radius 3 is 1.76 bits per heavy atom. The van der Waals surface area contributed by atoms with E-state index >= 15 is 0 Å². The van der Waals surface area contributed by atoms with Crippen molar-refractivity contribution in [2.75, 3.05) is 0 Å². The summed E-state index contributed by atoms with van der Waals surface area (Å²) in [5.74, 6) is 1.49. The molecule has 0 unspecified atom stereocenters. The van der Waals surface area contributed by atoms with Crippen LogP contribution in [0.2, 0.25) is 0 Å². The molecule has 0 aliphatic rings. The molecule has 0 aliphatic heterocycles. The fraction of sp³-hybridized carbons (Fsp3) is 0. The highest BCUT2D eigenvalue weighted by molar-refractivity contribution is 6.31. The average molecular weight is 753 g/mol. The first kappa shape index (κ1) is 31.8. The zero-order valence-corrected chi connectivity index (χ0v) is 31.3. The van der Waals surface area contributed by atoms with Gasteiger partial charge in [-0.2, -0.15) is 5.26 Å². The van der Waals surface area contributed by atoms with E-state index in [0.29, 0.717) is 39.8 Å². The minimum Gasteiger partial charge on any atom is -0.455 e. The number of nitriles is 1. The largest absolute Gasteiger partial charge is 0.455 e. The van der Waals surface area contributed by atoms with Crippen molar-refractivity contribution < 1.29 is 4.42 Å². The van der Waals surface area contributed by atoms with E-state index < -0.39 is 0 Å². The highest BCUT2D eigenvalue weighted by atomic mass is 16.3. The molecule has 7 nitrogen and oxygen atoms in total. The summed E-state index contributed by atoms with van der Waals surface area (Å²) in [6, 6.07) is 60.7. The Morgan fingerprint density at radius 2 is 1.03 bits per heavy atom. The summed E-state index contributed by atoms with van der Waals surface area (Å²) in [7, 11) is 0. The molecule has 5 aromatic heterocycles. The van der Waals surface area contributed by atoms with Crippen molar-refractivity contribution in [1.82, 2.24) is 23.9 Å². The molecule has 13 rings (SSSR count). The van der Waals surface area contributed by atoms with Gasteiger partial charge in [0.05, 0.1) is 49.8 Å². The first-order valence-electron chi connectivity index (χ1n) is 19.6. The quantitative estimate of drug-likeness (QED) is 0.179. The number of para-hydroxylation sites is 4. The highest BCUT2D eigenvalue weighted by Crippen LogP contribution is 2.48. The second-order valence-corrected chi connectivity index (χ2v) is 15.0. The van der Waals surface area contributed by atoms with Gasteiger partial charge in [0.15, 0.2) is 17.5 Å². The maximum Gasteiger partial charge on any atom is 0.167 e. The molecule has 0 saturated carbocycles. The lowest BCUT2D eigenvalue weighted by molar-refractivity contribution is 0.669. The van der Waals surface area contributed by atoms with Crippen molar-refractivity contribution in [1.29, 1.82) is 5.26 Å². The van der Waals surface area contributed by atoms with Crippen LogP contribution in [0.15, 0.2) is 174 Å². The Labute approximate surface area is 335 Å². The fourth-order valence-electron chi connectivity index (χ4n) is 9.50. The van der Waals surface area contributed by atoms with Crippen molar-refractivity contribution in [3.05, 3.63) is 175 Å². The van der Waals surface area contributed by atoms with Crippen molar-refractivity contribution in [2.24, 2.45) is 0 Å². The lowest BCUT2D eigenvalue weighted by Crippen LogP contribution is -2.03. The van der Waals surface area contributed by atoms with Gasteiger partial charge in [-0.25, -0.2) is 15.0 Å². The van der Waals surface area contributed by atoms with Gasteiger partial charge in [-0.05, 0) is 30.3 Å². The Kier molecular flexibility index (Phi) is 6.38. The van der Waals surface area contributed by atoms with E-state index in [1.54, 1.807) is 0 Å². The Bertz CT molecular complexity index is 3850. The molecule has 0 spiro atoms. The summed E-state index contributed by atoms with van der Waals surface area (Å²) >= 11 is 0. The zero-order valence-electron chi connectivity index (χ0n) is 31.3. The van der Waals surface area contributed by atoms with Gasteiger partial charge in [-0.3, -0.25) is 0 Å². The van der Waals surface area contributed by atoms with E-state index in [1.807, 2.05) is 84.9 Å². The predicted octanol–water partition coefficient (Wildman–Crippen LogP) is 12.9. The minimum atomic E-state index is 0.422. The normalized spacial score (nSPS) is 12.1. The van der Waals surface area contributed by atoms with Crippen molar-refractivity contribution in [3.8, 4) is 45.9 Å². The number of rotatable bonds is 4. The molecule has 0 aliphatic carbocycles. The van der Waals surface area contributed by atoms with Gasteiger partial charge in [-0.15, -0.1) is 0 Å². The molecular formula is C52H28N6O. The lowest BCUT2D eigenvalue weighted by Gasteiger charge is -2.15. The fourth-order valence-corrected chi connectivity index (χ4v) is 9.50. The van der Waals surface area contributed by atoms with Crippen LogP contribution in [0.5, 0.6) is 0 Å². The maximum absolute atomic E-state index is 11.4. The first-order chi connectivity index (χ1) is 29.2. The van der Waals surface area contributed by atoms with Gasteiger partial charge < -0.3 is 13.4 Å². The second-order valence-electron chi connectivity index (χ2n) is 15.0. The number of hydrogen-bond acceptors (Lipinski definition) is 5. The van der Waals surface area contributed by atoms with E-state index in [-0.39, 0.29) is 0 Å². The smallest absolute Gasteiger partial charge is 0.167 e. The third kappa shape index (κ3) is 4.32. The number of benzene rings is 8. The van der Waals surface area contributed by atoms with Crippen LogP contribution in [0, 0.1) is 11.3 Å². The van der Waals surface area contributed by atoms with Crippen molar-refractivity contribution >= 4 is 81.8 Å². The number of hydrogen-bond donors (Lipinski definition) is 0. The average Bonchev–Trinajstić information content (AvgIpc) is 4.05. The molecule has 13 aromatic rings. The lowest BCUT2D eigenvalue weighted by atomic mass is 10.0. The molecule has 0 fully saturated rings. The minimum absolute atomic E-state index is 0.422. The van der Waals surface area contributed by atoms with Gasteiger partial charge in [-0.1, -0.05) is 140 Å². The van der Waals surface area contributed by atoms with Gasteiger partial charge in [0.25, 0.3) is 0 Å². The Balaban J connectivity index is 1.20. The van der Waals surface area contributed by atoms with Gasteiger partial charge in [0.2, 0.25) is 0 Å². The molecule has 8 aromatic carbocycles. The number of fused-ring (bicyclic) bond motifs is 13. The van der Waals surface area contributed by atoms with Crippen molar-refractivity contribution in [3.63, 3.8) is 0 Å². The van der Waals surface area contributed by atoms with Crippen LogP contribution in [0.3, 0.4) is 0 Å². The molecule has 0 N–H and O–H groups in total. The summed E-state index contributed by atoms with van der Waals surface area (Å²) in [6.07, 6.45) is 0. The Morgan fingerprint density at radius 1 is 0.458 bits per heavy atom. The monoisotopic (exact) mass is 752 g/mol. The topological polar surface area (TPSA) is 84.9 Å². The molecule has 7 heteroatoms. The SMILES string of the molecule is N#Cc1cc(-c2nc(-c3ccccc3)nc(-c3ccccc3)n2)c2oc3ccccc3c2c1-n1c2ccccc2c2ccc3c(c4cccc5c6ccccc6n3c54)c21. The first-order valence-corrected chi connectivity index (χ1v) is 19.6. The third-order valence-electron chi connectivity index (χ3n) is 11.9. The summed E-state index contributed by atoms with van der Waals surface area (Å²) in [4.78, 5) is 15.1. The molecule has 59 heavy (non-hydrogen) atoms.